The summed E-state index contributed by atoms with van der Waals surface area (Å²) in [5, 5.41) is 0. The van der Waals surface area contributed by atoms with Gasteiger partial charge in [-0.1, -0.05) is 221 Å². The summed E-state index contributed by atoms with van der Waals surface area (Å²) in [6, 6.07) is 0. The zero-order valence-corrected chi connectivity index (χ0v) is 36.8. The highest BCUT2D eigenvalue weighted by Gasteiger charge is 2.19. The van der Waals surface area contributed by atoms with Crippen LogP contribution in [-0.2, 0) is 28.6 Å². The lowest BCUT2D eigenvalue weighted by atomic mass is 10.0. The van der Waals surface area contributed by atoms with Gasteiger partial charge in [0.2, 0.25) is 0 Å². The third kappa shape index (κ3) is 41.6. The predicted molar refractivity (Wildman–Crippen MR) is 229 cm³/mol. The summed E-state index contributed by atoms with van der Waals surface area (Å²) in [4.78, 5) is 37.7. The molecular weight excluding hydrogens is 673 g/mol. The topological polar surface area (TPSA) is 78.9 Å². The van der Waals surface area contributed by atoms with Crippen LogP contribution in [-0.4, -0.2) is 37.2 Å². The van der Waals surface area contributed by atoms with Gasteiger partial charge in [-0.2, -0.15) is 0 Å². The summed E-state index contributed by atoms with van der Waals surface area (Å²) in [7, 11) is 0. The van der Waals surface area contributed by atoms with E-state index < -0.39 is 6.10 Å². The Morgan fingerprint density at radius 2 is 0.611 bits per heavy atom. The number of hydrogen-bond acceptors (Lipinski definition) is 6. The molecule has 1 atom stereocenters. The van der Waals surface area contributed by atoms with Crippen LogP contribution in [0.1, 0.15) is 259 Å². The second-order valence-corrected chi connectivity index (χ2v) is 17.3. The fraction of sp³-hybridized carbons (Fsp3) is 0.938. The molecule has 0 N–H and O–H groups in total. The maximum atomic E-state index is 12.7. The van der Waals surface area contributed by atoms with Gasteiger partial charge in [-0.15, -0.1) is 0 Å². The number of esters is 3. The minimum absolute atomic E-state index is 0.0647. The van der Waals surface area contributed by atoms with Crippen molar-refractivity contribution in [3.8, 4) is 0 Å². The van der Waals surface area contributed by atoms with Crippen molar-refractivity contribution in [2.45, 2.75) is 265 Å². The first kappa shape index (κ1) is 52.4. The molecule has 6 nitrogen and oxygen atoms in total. The Morgan fingerprint density at radius 1 is 0.352 bits per heavy atom. The number of unbranched alkanes of at least 4 members (excludes halogenated alkanes) is 27. The molecule has 0 heterocycles. The molecule has 0 fully saturated rings. The van der Waals surface area contributed by atoms with Gasteiger partial charge < -0.3 is 14.2 Å². The average molecular weight is 765 g/mol. The number of ether oxygens (including phenoxy) is 3. The molecule has 320 valence electrons. The van der Waals surface area contributed by atoms with Gasteiger partial charge >= 0.3 is 17.9 Å². The monoisotopic (exact) mass is 765 g/mol. The Balaban J connectivity index is 4.28. The SMILES string of the molecule is CCCCCCCCCCCC(=O)O[C@H](COC(=O)CCCCCCCCCCCCCCC(C)C)COC(=O)CCCCCCCCCCCC(C)C. The van der Waals surface area contributed by atoms with E-state index in [0.717, 1.165) is 69.6 Å². The standard InChI is InChI=1S/C48H92O6/c1-6-7-8-9-10-16-25-30-35-40-48(51)54-45(42-53-47(50)39-34-29-24-20-15-18-22-27-32-37-44(4)5)41-52-46(49)38-33-28-23-19-14-12-11-13-17-21-26-31-36-43(2)3/h43-45H,6-42H2,1-5H3/t45-/m1/s1. The molecule has 54 heavy (non-hydrogen) atoms. The van der Waals surface area contributed by atoms with E-state index in [4.69, 9.17) is 14.2 Å². The van der Waals surface area contributed by atoms with Gasteiger partial charge in [0, 0.05) is 19.3 Å². The summed E-state index contributed by atoms with van der Waals surface area (Å²) in [5.41, 5.74) is 0. The lowest BCUT2D eigenvalue weighted by molar-refractivity contribution is -0.167. The molecule has 0 radical (unpaired) electrons. The van der Waals surface area contributed by atoms with Crippen LogP contribution in [0.15, 0.2) is 0 Å². The number of rotatable bonds is 42. The minimum Gasteiger partial charge on any atom is -0.462 e. The van der Waals surface area contributed by atoms with Gasteiger partial charge in [-0.05, 0) is 31.1 Å². The van der Waals surface area contributed by atoms with E-state index in [0.29, 0.717) is 19.3 Å². The van der Waals surface area contributed by atoms with Crippen LogP contribution in [0.3, 0.4) is 0 Å². The maximum Gasteiger partial charge on any atom is 0.306 e. The second-order valence-electron chi connectivity index (χ2n) is 17.3. The molecule has 0 bridgehead atoms. The third-order valence-electron chi connectivity index (χ3n) is 10.7. The summed E-state index contributed by atoms with van der Waals surface area (Å²) < 4.78 is 16.7. The molecule has 0 aromatic rings. The van der Waals surface area contributed by atoms with Crippen LogP contribution in [0, 0.1) is 11.8 Å². The first-order chi connectivity index (χ1) is 26.2. The van der Waals surface area contributed by atoms with Gasteiger partial charge in [0.25, 0.3) is 0 Å². The van der Waals surface area contributed by atoms with Crippen molar-refractivity contribution >= 4 is 17.9 Å². The highest BCUT2D eigenvalue weighted by atomic mass is 16.6. The smallest absolute Gasteiger partial charge is 0.306 e. The van der Waals surface area contributed by atoms with E-state index in [1.165, 1.54) is 148 Å². The van der Waals surface area contributed by atoms with Crippen LogP contribution in [0.5, 0.6) is 0 Å². The van der Waals surface area contributed by atoms with Crippen molar-refractivity contribution in [1.29, 1.82) is 0 Å². The van der Waals surface area contributed by atoms with Crippen molar-refractivity contribution in [1.82, 2.24) is 0 Å². The van der Waals surface area contributed by atoms with E-state index in [1.54, 1.807) is 0 Å². The summed E-state index contributed by atoms with van der Waals surface area (Å²) in [6.45, 7) is 11.3. The predicted octanol–water partition coefficient (Wildman–Crippen LogP) is 15.0. The van der Waals surface area contributed by atoms with Gasteiger partial charge in [-0.25, -0.2) is 0 Å². The minimum atomic E-state index is -0.760. The largest absolute Gasteiger partial charge is 0.462 e. The van der Waals surface area contributed by atoms with Crippen molar-refractivity contribution < 1.29 is 28.6 Å². The molecule has 0 amide bonds. The van der Waals surface area contributed by atoms with Gasteiger partial charge in [0.15, 0.2) is 6.10 Å². The summed E-state index contributed by atoms with van der Waals surface area (Å²) >= 11 is 0. The molecule has 6 heteroatoms. The highest BCUT2D eigenvalue weighted by molar-refractivity contribution is 5.71. The molecule has 0 saturated carbocycles. The molecule has 0 aromatic heterocycles. The normalized spacial score (nSPS) is 12.1. The fourth-order valence-electron chi connectivity index (χ4n) is 7.11. The van der Waals surface area contributed by atoms with Gasteiger partial charge in [-0.3, -0.25) is 14.4 Å². The molecule has 0 aliphatic carbocycles. The first-order valence-electron chi connectivity index (χ1n) is 23.7. The molecule has 0 unspecified atom stereocenters. The Labute approximate surface area is 336 Å². The Bertz CT molecular complexity index is 824. The summed E-state index contributed by atoms with van der Waals surface area (Å²) in [5.74, 6) is 0.785. The van der Waals surface area contributed by atoms with E-state index in [2.05, 4.69) is 34.6 Å². The van der Waals surface area contributed by atoms with Crippen molar-refractivity contribution in [3.63, 3.8) is 0 Å². The fourth-order valence-corrected chi connectivity index (χ4v) is 7.11. The lowest BCUT2D eigenvalue weighted by Crippen LogP contribution is -2.30. The molecule has 0 saturated heterocycles. The second kappa shape index (κ2) is 41.1. The van der Waals surface area contributed by atoms with Gasteiger partial charge in [0.1, 0.15) is 13.2 Å². The van der Waals surface area contributed by atoms with Crippen LogP contribution >= 0.6 is 0 Å². The van der Waals surface area contributed by atoms with E-state index >= 15 is 0 Å². The third-order valence-corrected chi connectivity index (χ3v) is 10.7. The van der Waals surface area contributed by atoms with E-state index in [9.17, 15) is 14.4 Å². The zero-order chi connectivity index (χ0) is 39.7. The van der Waals surface area contributed by atoms with Crippen molar-refractivity contribution in [3.05, 3.63) is 0 Å². The van der Waals surface area contributed by atoms with Crippen LogP contribution in [0.4, 0.5) is 0 Å². The highest BCUT2D eigenvalue weighted by Crippen LogP contribution is 2.17. The molecule has 0 spiro atoms. The molecule has 0 aliphatic heterocycles. The molecule has 0 rings (SSSR count). The Morgan fingerprint density at radius 3 is 0.907 bits per heavy atom. The average Bonchev–Trinajstić information content (AvgIpc) is 3.14. The van der Waals surface area contributed by atoms with Crippen molar-refractivity contribution in [2.75, 3.05) is 13.2 Å². The van der Waals surface area contributed by atoms with E-state index in [-0.39, 0.29) is 31.1 Å². The number of carbonyl (C=O) groups is 3. The Hall–Kier alpha value is -1.59. The first-order valence-corrected chi connectivity index (χ1v) is 23.7. The van der Waals surface area contributed by atoms with Crippen LogP contribution in [0.2, 0.25) is 0 Å². The summed E-state index contributed by atoms with van der Waals surface area (Å²) in [6.07, 6.45) is 39.5. The molecular formula is C48H92O6. The maximum absolute atomic E-state index is 12.7. The lowest BCUT2D eigenvalue weighted by Gasteiger charge is -2.18. The number of hydrogen-bond donors (Lipinski definition) is 0. The molecule has 0 aromatic carbocycles. The zero-order valence-electron chi connectivity index (χ0n) is 36.8. The van der Waals surface area contributed by atoms with Gasteiger partial charge in [0.05, 0.1) is 0 Å². The quantitative estimate of drug-likeness (QED) is 0.0350. The van der Waals surface area contributed by atoms with E-state index in [1.807, 2.05) is 0 Å². The number of carbonyl (C=O) groups excluding carboxylic acids is 3. The van der Waals surface area contributed by atoms with Crippen molar-refractivity contribution in [2.24, 2.45) is 11.8 Å². The van der Waals surface area contributed by atoms with Crippen LogP contribution < -0.4 is 0 Å². The molecule has 0 aliphatic rings. The van der Waals surface area contributed by atoms with Crippen LogP contribution in [0.25, 0.3) is 0 Å². The Kier molecular flexibility index (Phi) is 39.8.